The van der Waals surface area contributed by atoms with Gasteiger partial charge in [0.15, 0.2) is 0 Å². The Bertz CT molecular complexity index is 773. The van der Waals surface area contributed by atoms with Crippen LogP contribution in [0.2, 0.25) is 0 Å². The number of fused-ring (bicyclic) bond motifs is 1. The maximum atomic E-state index is 12.5. The van der Waals surface area contributed by atoms with Gasteiger partial charge in [0.25, 0.3) is 0 Å². The topological polar surface area (TPSA) is 72.8 Å². The van der Waals surface area contributed by atoms with Crippen LogP contribution in [0.4, 0.5) is 0 Å². The van der Waals surface area contributed by atoms with E-state index in [9.17, 15) is 15.0 Å². The van der Waals surface area contributed by atoms with E-state index >= 15 is 0 Å². The number of benzene rings is 2. The van der Waals surface area contributed by atoms with E-state index in [-0.39, 0.29) is 23.7 Å². The van der Waals surface area contributed by atoms with Crippen molar-refractivity contribution in [3.05, 3.63) is 65.2 Å². The summed E-state index contributed by atoms with van der Waals surface area (Å²) in [5.41, 5.74) is 3.08. The number of carbonyl (C=O) groups excluding carboxylic acids is 1. The molecule has 0 heterocycles. The third kappa shape index (κ3) is 4.87. The smallest absolute Gasteiger partial charge is 0.220 e. The van der Waals surface area contributed by atoms with Gasteiger partial charge in [0, 0.05) is 18.9 Å². The monoisotopic (exact) mass is 368 g/mol. The number of carbonyl (C=O) groups is 1. The van der Waals surface area contributed by atoms with E-state index in [2.05, 4.69) is 10.2 Å². The fraction of sp³-hybridized carbons (Fsp3) is 0.409. The summed E-state index contributed by atoms with van der Waals surface area (Å²) in [6.07, 6.45) is 2.05. The number of likely N-dealkylation sites (N-methyl/N-ethyl adjacent to an activating group) is 1. The Kier molecular flexibility index (Phi) is 6.14. The zero-order valence-electron chi connectivity index (χ0n) is 15.9. The van der Waals surface area contributed by atoms with Gasteiger partial charge in [-0.25, -0.2) is 0 Å². The number of hydrogen-bond donors (Lipinski definition) is 3. The first kappa shape index (κ1) is 19.4. The van der Waals surface area contributed by atoms with Crippen molar-refractivity contribution in [1.82, 2.24) is 10.2 Å². The van der Waals surface area contributed by atoms with Crippen molar-refractivity contribution in [1.29, 1.82) is 0 Å². The van der Waals surface area contributed by atoms with Crippen LogP contribution in [0, 0.1) is 0 Å². The maximum Gasteiger partial charge on any atom is 0.220 e. The number of aliphatic hydroxyl groups excluding tert-OH is 1. The lowest BCUT2D eigenvalue weighted by Gasteiger charge is -2.24. The van der Waals surface area contributed by atoms with Gasteiger partial charge in [-0.3, -0.25) is 4.79 Å². The molecule has 0 saturated heterocycles. The van der Waals surface area contributed by atoms with Crippen LogP contribution in [0.1, 0.15) is 48.1 Å². The molecular formula is C22H28N2O3. The molecule has 1 aliphatic carbocycles. The number of phenolic OH excluding ortho intramolecular Hbond substituents is 1. The van der Waals surface area contributed by atoms with Crippen molar-refractivity contribution < 1.29 is 15.0 Å². The Balaban J connectivity index is 1.55. The van der Waals surface area contributed by atoms with E-state index in [0.717, 1.165) is 29.5 Å². The van der Waals surface area contributed by atoms with Crippen LogP contribution in [0.5, 0.6) is 5.75 Å². The largest absolute Gasteiger partial charge is 0.508 e. The van der Waals surface area contributed by atoms with Gasteiger partial charge in [0.2, 0.25) is 5.91 Å². The van der Waals surface area contributed by atoms with Crippen molar-refractivity contribution in [3.63, 3.8) is 0 Å². The van der Waals surface area contributed by atoms with Gasteiger partial charge in [0.05, 0.1) is 12.1 Å². The van der Waals surface area contributed by atoms with Crippen LogP contribution in [-0.2, 0) is 11.2 Å². The summed E-state index contributed by atoms with van der Waals surface area (Å²) >= 11 is 0. The molecule has 5 heteroatoms. The summed E-state index contributed by atoms with van der Waals surface area (Å²) in [5.74, 6) is 0.278. The van der Waals surface area contributed by atoms with E-state index in [1.165, 1.54) is 0 Å². The molecule has 1 amide bonds. The number of hydrogen-bond acceptors (Lipinski definition) is 4. The van der Waals surface area contributed by atoms with Crippen molar-refractivity contribution in [2.45, 2.75) is 43.9 Å². The zero-order chi connectivity index (χ0) is 19.4. The highest BCUT2D eigenvalue weighted by molar-refractivity contribution is 5.76. The lowest BCUT2D eigenvalue weighted by atomic mass is 10.0. The minimum atomic E-state index is -0.504. The average molecular weight is 368 g/mol. The van der Waals surface area contributed by atoms with Crippen LogP contribution in [0.25, 0.3) is 0 Å². The summed E-state index contributed by atoms with van der Waals surface area (Å²) in [4.78, 5) is 14.6. The molecule has 144 valence electrons. The molecule has 2 unspecified atom stereocenters. The van der Waals surface area contributed by atoms with Gasteiger partial charge in [-0.15, -0.1) is 0 Å². The summed E-state index contributed by atoms with van der Waals surface area (Å²) in [5, 5.41) is 22.7. The molecule has 0 fully saturated rings. The molecule has 5 nitrogen and oxygen atoms in total. The Morgan fingerprint density at radius 2 is 1.81 bits per heavy atom. The van der Waals surface area contributed by atoms with Crippen molar-refractivity contribution >= 4 is 5.91 Å². The number of nitrogens with one attached hydrogen (secondary N) is 1. The Morgan fingerprint density at radius 1 is 1.15 bits per heavy atom. The Hall–Kier alpha value is -2.37. The van der Waals surface area contributed by atoms with E-state index in [0.29, 0.717) is 12.8 Å². The molecule has 2 aromatic rings. The van der Waals surface area contributed by atoms with E-state index in [4.69, 9.17) is 0 Å². The molecule has 0 radical (unpaired) electrons. The van der Waals surface area contributed by atoms with Crippen molar-refractivity contribution in [3.8, 4) is 5.75 Å². The van der Waals surface area contributed by atoms with E-state index < -0.39 is 6.10 Å². The summed E-state index contributed by atoms with van der Waals surface area (Å²) in [6, 6.07) is 15.1. The quantitative estimate of drug-likeness (QED) is 0.703. The van der Waals surface area contributed by atoms with Gasteiger partial charge < -0.3 is 20.4 Å². The Labute approximate surface area is 160 Å². The van der Waals surface area contributed by atoms with E-state index in [1.54, 1.807) is 12.1 Å². The van der Waals surface area contributed by atoms with Gasteiger partial charge in [-0.1, -0.05) is 36.4 Å². The minimum absolute atomic E-state index is 0.0152. The van der Waals surface area contributed by atoms with Crippen LogP contribution < -0.4 is 5.32 Å². The molecule has 27 heavy (non-hydrogen) atoms. The average Bonchev–Trinajstić information content (AvgIpc) is 2.96. The first-order chi connectivity index (χ1) is 12.9. The van der Waals surface area contributed by atoms with E-state index in [1.807, 2.05) is 50.5 Å². The highest BCUT2D eigenvalue weighted by Crippen LogP contribution is 2.38. The second-order valence-electron chi connectivity index (χ2n) is 7.53. The second kappa shape index (κ2) is 8.55. The third-order valence-electron chi connectivity index (χ3n) is 5.37. The zero-order valence-corrected chi connectivity index (χ0v) is 15.9. The predicted molar refractivity (Wildman–Crippen MR) is 105 cm³/mol. The lowest BCUT2D eigenvalue weighted by Crippen LogP contribution is -2.33. The van der Waals surface area contributed by atoms with Crippen LogP contribution >= 0.6 is 0 Å². The number of amides is 1. The number of nitrogens with zero attached hydrogens (tertiary/aromatic N) is 1. The molecule has 3 atom stereocenters. The first-order valence-corrected chi connectivity index (χ1v) is 9.44. The molecule has 1 aliphatic rings. The standard InChI is InChI=1S/C22H28N2O3/c1-24(2)16(13-15-7-10-17(25)11-8-15)9-12-22(27)23-20-14-21(26)19-6-4-3-5-18(19)20/h3-8,10-11,16,20-21,25-26H,9,12-14H2,1-2H3,(H,23,27)/t16?,20-,21?/m0/s1. The first-order valence-electron chi connectivity index (χ1n) is 9.44. The molecule has 0 aliphatic heterocycles. The molecule has 0 spiro atoms. The molecular weight excluding hydrogens is 340 g/mol. The number of aromatic hydroxyl groups is 1. The molecule has 0 bridgehead atoms. The SMILES string of the molecule is CN(C)C(CCC(=O)N[C@H]1CC(O)c2ccccc21)Cc1ccc(O)cc1. The van der Waals surface area contributed by atoms with Crippen LogP contribution in [0.3, 0.4) is 0 Å². The molecule has 3 rings (SSSR count). The van der Waals surface area contributed by atoms with Crippen LogP contribution in [0.15, 0.2) is 48.5 Å². The third-order valence-corrected chi connectivity index (χ3v) is 5.37. The number of phenols is 1. The normalized spacial score (nSPS) is 19.7. The van der Waals surface area contributed by atoms with Crippen LogP contribution in [-0.4, -0.2) is 41.2 Å². The van der Waals surface area contributed by atoms with Crippen molar-refractivity contribution in [2.24, 2.45) is 0 Å². The maximum absolute atomic E-state index is 12.5. The van der Waals surface area contributed by atoms with Gasteiger partial charge in [-0.05, 0) is 55.8 Å². The number of aliphatic hydroxyl groups is 1. The predicted octanol–water partition coefficient (Wildman–Crippen LogP) is 2.94. The summed E-state index contributed by atoms with van der Waals surface area (Å²) in [7, 11) is 4.04. The van der Waals surface area contributed by atoms with Gasteiger partial charge >= 0.3 is 0 Å². The molecule has 2 aromatic carbocycles. The second-order valence-corrected chi connectivity index (χ2v) is 7.53. The summed E-state index contributed by atoms with van der Waals surface area (Å²) in [6.45, 7) is 0. The van der Waals surface area contributed by atoms with Gasteiger partial charge in [0.1, 0.15) is 5.75 Å². The fourth-order valence-corrected chi connectivity index (χ4v) is 3.76. The highest BCUT2D eigenvalue weighted by atomic mass is 16.3. The summed E-state index contributed by atoms with van der Waals surface area (Å²) < 4.78 is 0. The van der Waals surface area contributed by atoms with Gasteiger partial charge in [-0.2, -0.15) is 0 Å². The Morgan fingerprint density at radius 3 is 2.48 bits per heavy atom. The van der Waals surface area contributed by atoms with Crippen molar-refractivity contribution in [2.75, 3.05) is 14.1 Å². The number of rotatable bonds is 7. The lowest BCUT2D eigenvalue weighted by molar-refractivity contribution is -0.122. The molecule has 3 N–H and O–H groups in total. The molecule has 0 aromatic heterocycles. The minimum Gasteiger partial charge on any atom is -0.508 e. The fourth-order valence-electron chi connectivity index (χ4n) is 3.76. The molecule has 0 saturated carbocycles. The highest BCUT2D eigenvalue weighted by Gasteiger charge is 2.30.